The van der Waals surface area contributed by atoms with E-state index in [0.717, 1.165) is 37.9 Å². The van der Waals surface area contributed by atoms with Gasteiger partial charge in [0, 0.05) is 18.4 Å². The molecule has 0 rings (SSSR count). The van der Waals surface area contributed by atoms with Crippen LogP contribution in [-0.2, 0) is 14.4 Å². The predicted molar refractivity (Wildman–Crippen MR) is 144 cm³/mol. The molecular formula is C26H46N4O3S. The molecule has 0 heterocycles. The fraction of sp³-hybridized carbons (Fsp3) is 0.654. The molecule has 194 valence electrons. The van der Waals surface area contributed by atoms with E-state index >= 15 is 0 Å². The van der Waals surface area contributed by atoms with Gasteiger partial charge in [0.2, 0.25) is 11.8 Å². The Bertz CT molecular complexity index is 742. The van der Waals surface area contributed by atoms with Gasteiger partial charge in [-0.25, -0.2) is 5.84 Å². The standard InChI is InChI=1S/C26H46N4O3S/c1-8-21(6)24(28-22(7)31)26(33)29-23(25(32)30-27)17-34-16-15-20(5)14-10-13-19(4)12-9-11-18(2)3/h11,13,15,21,23-24H,8-10,12,14,16-17,27H2,1-7H3,(H,28,31)(H,29,33)(H,30,32)/t21-,23?,24+/m0/s1. The maximum absolute atomic E-state index is 12.7. The number of carbonyl (C=O) groups excluding carboxylic acids is 3. The van der Waals surface area contributed by atoms with Crippen LogP contribution >= 0.6 is 11.8 Å². The van der Waals surface area contributed by atoms with Gasteiger partial charge in [-0.2, -0.15) is 11.8 Å². The molecule has 3 amide bonds. The Labute approximate surface area is 210 Å². The third kappa shape index (κ3) is 15.0. The largest absolute Gasteiger partial charge is 0.344 e. The van der Waals surface area contributed by atoms with Crippen molar-refractivity contribution in [1.82, 2.24) is 16.1 Å². The van der Waals surface area contributed by atoms with Gasteiger partial charge in [-0.05, 0) is 59.3 Å². The summed E-state index contributed by atoms with van der Waals surface area (Å²) >= 11 is 1.55. The van der Waals surface area contributed by atoms with Crippen LogP contribution in [0.4, 0.5) is 0 Å². The first-order valence-corrected chi connectivity index (χ1v) is 13.3. The highest BCUT2D eigenvalue weighted by Gasteiger charge is 2.28. The zero-order valence-corrected chi connectivity index (χ0v) is 22.9. The number of rotatable bonds is 16. The van der Waals surface area contributed by atoms with Crippen molar-refractivity contribution in [2.45, 2.75) is 92.7 Å². The molecule has 0 aromatic carbocycles. The van der Waals surface area contributed by atoms with Crippen molar-refractivity contribution < 1.29 is 14.4 Å². The van der Waals surface area contributed by atoms with Gasteiger partial charge in [0.15, 0.2) is 0 Å². The van der Waals surface area contributed by atoms with Crippen LogP contribution < -0.4 is 21.9 Å². The van der Waals surface area contributed by atoms with Crippen LogP contribution in [0.1, 0.15) is 80.6 Å². The molecule has 0 radical (unpaired) electrons. The molecule has 0 saturated heterocycles. The van der Waals surface area contributed by atoms with E-state index in [1.165, 1.54) is 23.6 Å². The molecule has 7 nitrogen and oxygen atoms in total. The summed E-state index contributed by atoms with van der Waals surface area (Å²) in [6, 6.07) is -1.47. The van der Waals surface area contributed by atoms with Gasteiger partial charge >= 0.3 is 0 Å². The molecule has 0 aliphatic rings. The lowest BCUT2D eigenvalue weighted by Gasteiger charge is -2.25. The van der Waals surface area contributed by atoms with Crippen LogP contribution in [-0.4, -0.2) is 41.3 Å². The van der Waals surface area contributed by atoms with Crippen molar-refractivity contribution >= 4 is 29.5 Å². The van der Waals surface area contributed by atoms with Crippen LogP contribution in [0.2, 0.25) is 0 Å². The maximum Gasteiger partial charge on any atom is 0.257 e. The molecule has 3 atom stereocenters. The molecule has 0 bridgehead atoms. The van der Waals surface area contributed by atoms with Crippen LogP contribution in [0.3, 0.4) is 0 Å². The lowest BCUT2D eigenvalue weighted by atomic mass is 9.98. The van der Waals surface area contributed by atoms with Crippen LogP contribution in [0.5, 0.6) is 0 Å². The second kappa shape index (κ2) is 18.3. The topological polar surface area (TPSA) is 113 Å². The molecule has 5 N–H and O–H groups in total. The summed E-state index contributed by atoms with van der Waals surface area (Å²) in [7, 11) is 0. The molecule has 1 unspecified atom stereocenters. The molecule has 0 aliphatic carbocycles. The number of hydrazine groups is 1. The van der Waals surface area contributed by atoms with Gasteiger partial charge < -0.3 is 10.6 Å². The number of amides is 3. The van der Waals surface area contributed by atoms with Gasteiger partial charge in [-0.1, -0.05) is 55.2 Å². The first-order valence-electron chi connectivity index (χ1n) is 12.1. The van der Waals surface area contributed by atoms with E-state index in [2.05, 4.69) is 62.0 Å². The zero-order valence-electron chi connectivity index (χ0n) is 22.1. The average molecular weight is 495 g/mol. The number of hydrogen-bond donors (Lipinski definition) is 4. The van der Waals surface area contributed by atoms with Gasteiger partial charge in [0.05, 0.1) is 0 Å². The fourth-order valence-corrected chi connectivity index (χ4v) is 4.20. The van der Waals surface area contributed by atoms with E-state index in [1.54, 1.807) is 11.8 Å². The number of nitrogens with two attached hydrogens (primary N) is 1. The third-order valence-corrected chi connectivity index (χ3v) is 6.56. The van der Waals surface area contributed by atoms with Crippen LogP contribution in [0.15, 0.2) is 34.9 Å². The first-order chi connectivity index (χ1) is 16.0. The number of allylic oxidation sites excluding steroid dienone is 5. The van der Waals surface area contributed by atoms with E-state index < -0.39 is 18.0 Å². The summed E-state index contributed by atoms with van der Waals surface area (Å²) < 4.78 is 0. The van der Waals surface area contributed by atoms with Gasteiger partial charge in [-0.15, -0.1) is 0 Å². The molecule has 0 aliphatic heterocycles. The number of thioether (sulfide) groups is 1. The quantitative estimate of drug-likeness (QED) is 0.0846. The van der Waals surface area contributed by atoms with Crippen LogP contribution in [0.25, 0.3) is 0 Å². The molecule has 0 spiro atoms. The van der Waals surface area contributed by atoms with Crippen LogP contribution in [0, 0.1) is 5.92 Å². The molecular weight excluding hydrogens is 448 g/mol. The number of carbonyl (C=O) groups is 3. The predicted octanol–water partition coefficient (Wildman–Crippen LogP) is 4.16. The molecule has 0 fully saturated rings. The summed E-state index contributed by atoms with van der Waals surface area (Å²) in [5.74, 6) is 5.26. The third-order valence-electron chi connectivity index (χ3n) is 5.59. The Hall–Kier alpha value is -2.06. The zero-order chi connectivity index (χ0) is 26.1. The highest BCUT2D eigenvalue weighted by molar-refractivity contribution is 7.99. The van der Waals surface area contributed by atoms with Crippen molar-refractivity contribution in [2.24, 2.45) is 11.8 Å². The Morgan fingerprint density at radius 3 is 2.00 bits per heavy atom. The first kappa shape index (κ1) is 31.9. The van der Waals surface area contributed by atoms with Gasteiger partial charge in [0.25, 0.3) is 5.91 Å². The van der Waals surface area contributed by atoms with Gasteiger partial charge in [-0.3, -0.25) is 19.8 Å². The Morgan fingerprint density at radius 1 is 0.882 bits per heavy atom. The maximum atomic E-state index is 12.7. The van der Waals surface area contributed by atoms with Crippen molar-refractivity contribution in [2.75, 3.05) is 11.5 Å². The summed E-state index contributed by atoms with van der Waals surface area (Å²) in [6.45, 7) is 13.8. The monoisotopic (exact) mass is 494 g/mol. The fourth-order valence-electron chi connectivity index (χ4n) is 3.19. The minimum atomic E-state index is -0.775. The van der Waals surface area contributed by atoms with Crippen molar-refractivity contribution in [1.29, 1.82) is 0 Å². The van der Waals surface area contributed by atoms with E-state index in [-0.39, 0.29) is 17.7 Å². The second-order valence-corrected chi connectivity index (χ2v) is 10.2. The number of nitrogens with one attached hydrogen (secondary N) is 3. The normalized spacial score (nSPS) is 14.6. The van der Waals surface area contributed by atoms with E-state index in [0.29, 0.717) is 5.75 Å². The molecule has 0 saturated carbocycles. The number of hydrogen-bond acceptors (Lipinski definition) is 5. The molecule has 8 heteroatoms. The van der Waals surface area contributed by atoms with Crippen molar-refractivity contribution in [3.8, 4) is 0 Å². The Balaban J connectivity index is 4.71. The average Bonchev–Trinajstić information content (AvgIpc) is 2.77. The van der Waals surface area contributed by atoms with Gasteiger partial charge in [0.1, 0.15) is 12.1 Å². The minimum absolute atomic E-state index is 0.0614. The van der Waals surface area contributed by atoms with Crippen molar-refractivity contribution in [3.05, 3.63) is 34.9 Å². The Kier molecular flexibility index (Phi) is 17.2. The van der Waals surface area contributed by atoms with E-state index in [4.69, 9.17) is 5.84 Å². The Morgan fingerprint density at radius 2 is 1.47 bits per heavy atom. The van der Waals surface area contributed by atoms with E-state index in [9.17, 15) is 14.4 Å². The summed E-state index contributed by atoms with van der Waals surface area (Å²) in [4.78, 5) is 36.5. The van der Waals surface area contributed by atoms with E-state index in [1.807, 2.05) is 13.8 Å². The highest BCUT2D eigenvalue weighted by atomic mass is 32.2. The second-order valence-electron chi connectivity index (χ2n) is 9.13. The summed E-state index contributed by atoms with van der Waals surface area (Å²) in [6.07, 6.45) is 11.7. The molecule has 0 aromatic rings. The highest BCUT2D eigenvalue weighted by Crippen LogP contribution is 2.14. The molecule has 0 aromatic heterocycles. The smallest absolute Gasteiger partial charge is 0.257 e. The van der Waals surface area contributed by atoms with Crippen molar-refractivity contribution in [3.63, 3.8) is 0 Å². The lowest BCUT2D eigenvalue weighted by Crippen LogP contribution is -2.57. The molecule has 34 heavy (non-hydrogen) atoms. The summed E-state index contributed by atoms with van der Waals surface area (Å²) in [5, 5.41) is 5.43. The minimum Gasteiger partial charge on any atom is -0.344 e. The summed E-state index contributed by atoms with van der Waals surface area (Å²) in [5.41, 5.74) is 6.20. The SMILES string of the molecule is CC[C@H](C)[C@@H](NC(C)=O)C(=O)NC(CSCC=C(C)CCC=C(C)CCC=C(C)C)C(=O)NN. The lowest BCUT2D eigenvalue weighted by molar-refractivity contribution is -0.132.